The summed E-state index contributed by atoms with van der Waals surface area (Å²) in [7, 11) is -4.34. The van der Waals surface area contributed by atoms with Gasteiger partial charge in [0, 0.05) is 13.0 Å². The summed E-state index contributed by atoms with van der Waals surface area (Å²) in [6.45, 7) is 4.01. The molecule has 3 unspecified atom stereocenters. The van der Waals surface area contributed by atoms with Crippen LogP contribution < -0.4 is 11.1 Å². The molecule has 0 aromatic rings. The summed E-state index contributed by atoms with van der Waals surface area (Å²) in [4.78, 5) is 22.5. The van der Waals surface area contributed by atoms with Crippen LogP contribution in [0.4, 0.5) is 0 Å². The van der Waals surface area contributed by atoms with E-state index in [1.807, 2.05) is 6.08 Å². The van der Waals surface area contributed by atoms with Gasteiger partial charge in [-0.3, -0.25) is 13.8 Å². The van der Waals surface area contributed by atoms with Crippen LogP contribution in [-0.2, 0) is 18.4 Å². The van der Waals surface area contributed by atoms with Crippen molar-refractivity contribution in [1.29, 1.82) is 0 Å². The predicted molar refractivity (Wildman–Crippen MR) is 189 cm³/mol. The maximum atomic E-state index is 12.6. The molecule has 262 valence electrons. The van der Waals surface area contributed by atoms with Gasteiger partial charge in [-0.15, -0.1) is 0 Å². The molecule has 0 bridgehead atoms. The van der Waals surface area contributed by atoms with E-state index in [0.29, 0.717) is 6.42 Å². The Labute approximate surface area is 275 Å². The first kappa shape index (κ1) is 43.5. The number of phosphoric acid groups is 1. The van der Waals surface area contributed by atoms with Gasteiger partial charge < -0.3 is 21.1 Å². The minimum absolute atomic E-state index is 0.0689. The molecule has 3 atom stereocenters. The first-order chi connectivity index (χ1) is 21.9. The molecular weight excluding hydrogens is 587 g/mol. The molecule has 0 fully saturated rings. The second kappa shape index (κ2) is 32.4. The molecule has 0 aliphatic carbocycles. The maximum absolute atomic E-state index is 12.6. The lowest BCUT2D eigenvalue weighted by molar-refractivity contribution is -0.123. The average molecular weight is 655 g/mol. The third kappa shape index (κ3) is 30.9. The van der Waals surface area contributed by atoms with Crippen molar-refractivity contribution in [2.75, 3.05) is 19.8 Å². The van der Waals surface area contributed by atoms with Crippen molar-refractivity contribution in [3.8, 4) is 0 Å². The van der Waals surface area contributed by atoms with Gasteiger partial charge in [-0.2, -0.15) is 0 Å². The normalized spacial score (nSPS) is 15.0. The lowest BCUT2D eigenvalue weighted by atomic mass is 10.1. The Morgan fingerprint density at radius 3 is 1.76 bits per heavy atom. The number of carbonyl (C=O) groups excluding carboxylic acids is 1. The van der Waals surface area contributed by atoms with Crippen molar-refractivity contribution < 1.29 is 28.4 Å². The van der Waals surface area contributed by atoms with Crippen LogP contribution in [0.15, 0.2) is 48.6 Å². The van der Waals surface area contributed by atoms with Crippen LogP contribution in [-0.4, -0.2) is 47.8 Å². The molecule has 0 spiro atoms. The van der Waals surface area contributed by atoms with Crippen molar-refractivity contribution in [2.45, 2.75) is 154 Å². The van der Waals surface area contributed by atoms with Crippen molar-refractivity contribution in [3.63, 3.8) is 0 Å². The van der Waals surface area contributed by atoms with Gasteiger partial charge in [0.05, 0.1) is 25.4 Å². The van der Waals surface area contributed by atoms with Gasteiger partial charge in [0.1, 0.15) is 0 Å². The molecule has 0 aromatic carbocycles. The van der Waals surface area contributed by atoms with Crippen LogP contribution in [0, 0.1) is 0 Å². The zero-order valence-corrected chi connectivity index (χ0v) is 29.5. The molecule has 0 aliphatic heterocycles. The fourth-order valence-electron chi connectivity index (χ4n) is 4.63. The minimum atomic E-state index is -4.34. The molecule has 9 heteroatoms. The van der Waals surface area contributed by atoms with Gasteiger partial charge >= 0.3 is 7.82 Å². The summed E-state index contributed by atoms with van der Waals surface area (Å²) >= 11 is 0. The first-order valence-electron chi connectivity index (χ1n) is 17.8. The number of aliphatic hydroxyl groups is 1. The highest BCUT2D eigenvalue weighted by Crippen LogP contribution is 2.43. The number of phosphoric ester groups is 1. The smallest absolute Gasteiger partial charge is 0.387 e. The zero-order valence-electron chi connectivity index (χ0n) is 28.6. The second-order valence-corrected chi connectivity index (χ2v) is 13.2. The number of nitrogens with two attached hydrogens (primary N) is 1. The quantitative estimate of drug-likeness (QED) is 0.0323. The first-order valence-corrected chi connectivity index (χ1v) is 19.3. The number of nitrogens with one attached hydrogen (secondary N) is 1. The van der Waals surface area contributed by atoms with Gasteiger partial charge in [0.2, 0.25) is 5.91 Å². The van der Waals surface area contributed by atoms with Crippen LogP contribution in [0.2, 0.25) is 0 Å². The van der Waals surface area contributed by atoms with E-state index in [1.165, 1.54) is 51.4 Å². The van der Waals surface area contributed by atoms with Gasteiger partial charge in [-0.05, 0) is 70.6 Å². The fraction of sp³-hybridized carbons (Fsp3) is 0.750. The Kier molecular flexibility index (Phi) is 31.3. The summed E-state index contributed by atoms with van der Waals surface area (Å²) in [5.74, 6) is -0.222. The van der Waals surface area contributed by atoms with E-state index in [1.54, 1.807) is 6.08 Å². The highest BCUT2D eigenvalue weighted by Gasteiger charge is 2.26. The van der Waals surface area contributed by atoms with Gasteiger partial charge in [0.15, 0.2) is 0 Å². The topological polar surface area (TPSA) is 131 Å². The molecule has 1 amide bonds. The standard InChI is InChI=1S/C36H67N2O6P/c1-3-5-7-9-11-13-15-17-19-21-23-25-27-29-35(39)34(33-44-45(41,42)43-32-31-37)38-36(40)30-28-26-24-22-20-18-16-14-12-10-8-6-4-2/h11,13-14,16,19,21,27,29,34-35,39H,3-10,12,15,17-18,20,22-26,28,30-33,37H2,1-2H3,(H,38,40)(H,41,42)/b13-11+,16-14-,21-19+,29-27+. The monoisotopic (exact) mass is 654 g/mol. The molecule has 0 rings (SSSR count). The Morgan fingerprint density at radius 2 is 1.18 bits per heavy atom. The third-order valence-corrected chi connectivity index (χ3v) is 8.34. The highest BCUT2D eigenvalue weighted by molar-refractivity contribution is 7.47. The Morgan fingerprint density at radius 1 is 0.711 bits per heavy atom. The third-order valence-electron chi connectivity index (χ3n) is 7.35. The number of allylic oxidation sites excluding steroid dienone is 7. The van der Waals surface area contributed by atoms with E-state index >= 15 is 0 Å². The Bertz CT molecular complexity index is 845. The SMILES string of the molecule is CCCCC/C=C/CC/C=C/CC/C=C/C(O)C(COP(=O)(O)OCCN)NC(=O)CCCCCCC/C=C\CCCCCC. The van der Waals surface area contributed by atoms with E-state index in [0.717, 1.165) is 70.6 Å². The maximum Gasteiger partial charge on any atom is 0.472 e. The number of carbonyl (C=O) groups is 1. The molecule has 0 aromatic heterocycles. The number of amides is 1. The molecular formula is C36H67N2O6P. The summed E-state index contributed by atoms with van der Waals surface area (Å²) in [5, 5.41) is 13.5. The van der Waals surface area contributed by atoms with E-state index in [2.05, 4.69) is 55.6 Å². The molecule has 0 saturated carbocycles. The van der Waals surface area contributed by atoms with Crippen LogP contribution in [0.25, 0.3) is 0 Å². The molecule has 0 heterocycles. The average Bonchev–Trinajstić information content (AvgIpc) is 3.02. The highest BCUT2D eigenvalue weighted by atomic mass is 31.2. The number of hydrogen-bond acceptors (Lipinski definition) is 6. The van der Waals surface area contributed by atoms with Gasteiger partial charge in [-0.25, -0.2) is 4.57 Å². The molecule has 8 nitrogen and oxygen atoms in total. The van der Waals surface area contributed by atoms with Crippen molar-refractivity contribution in [2.24, 2.45) is 5.73 Å². The lowest BCUT2D eigenvalue weighted by Crippen LogP contribution is -2.45. The number of unbranched alkanes of at least 4 members (excludes halogenated alkanes) is 14. The summed E-state index contributed by atoms with van der Waals surface area (Å²) in [5.41, 5.74) is 5.34. The molecule has 0 saturated heterocycles. The van der Waals surface area contributed by atoms with Crippen LogP contribution in [0.3, 0.4) is 0 Å². The molecule has 0 aliphatic rings. The number of aliphatic hydroxyl groups excluding tert-OH is 1. The summed E-state index contributed by atoms with van der Waals surface area (Å²) in [6, 6.07) is -0.885. The van der Waals surface area contributed by atoms with Crippen LogP contribution >= 0.6 is 7.82 Å². The Hall–Kier alpha value is -1.54. The van der Waals surface area contributed by atoms with Crippen LogP contribution in [0.5, 0.6) is 0 Å². The largest absolute Gasteiger partial charge is 0.472 e. The van der Waals surface area contributed by atoms with Crippen molar-refractivity contribution in [1.82, 2.24) is 5.32 Å². The predicted octanol–water partition coefficient (Wildman–Crippen LogP) is 8.99. The molecule has 0 radical (unpaired) electrons. The van der Waals surface area contributed by atoms with Gasteiger partial charge in [-0.1, -0.05) is 114 Å². The van der Waals surface area contributed by atoms with E-state index in [9.17, 15) is 19.4 Å². The summed E-state index contributed by atoms with van der Waals surface area (Å²) < 4.78 is 22.0. The number of rotatable bonds is 32. The molecule has 5 N–H and O–H groups in total. The van der Waals surface area contributed by atoms with Gasteiger partial charge in [0.25, 0.3) is 0 Å². The zero-order chi connectivity index (χ0) is 33.3. The summed E-state index contributed by atoms with van der Waals surface area (Å²) in [6.07, 6.45) is 37.2. The lowest BCUT2D eigenvalue weighted by Gasteiger charge is -2.23. The van der Waals surface area contributed by atoms with E-state index < -0.39 is 20.0 Å². The van der Waals surface area contributed by atoms with Crippen molar-refractivity contribution in [3.05, 3.63) is 48.6 Å². The number of hydrogen-bond donors (Lipinski definition) is 4. The second-order valence-electron chi connectivity index (χ2n) is 11.7. The fourth-order valence-corrected chi connectivity index (χ4v) is 5.39. The Balaban J connectivity index is 4.47. The van der Waals surface area contributed by atoms with Crippen LogP contribution in [0.1, 0.15) is 142 Å². The van der Waals surface area contributed by atoms with Crippen molar-refractivity contribution >= 4 is 13.7 Å². The molecule has 45 heavy (non-hydrogen) atoms. The minimum Gasteiger partial charge on any atom is -0.387 e. The van der Waals surface area contributed by atoms with E-state index in [-0.39, 0.29) is 25.7 Å². The van der Waals surface area contributed by atoms with E-state index in [4.69, 9.17) is 14.8 Å².